The van der Waals surface area contributed by atoms with Gasteiger partial charge in [-0.15, -0.1) is 11.6 Å². The molecule has 2 rings (SSSR count). The van der Waals surface area contributed by atoms with E-state index in [4.69, 9.17) is 11.6 Å². The van der Waals surface area contributed by atoms with Gasteiger partial charge in [-0.25, -0.2) is 0 Å². The molecule has 4 nitrogen and oxygen atoms in total. The molecule has 0 spiro atoms. The number of aliphatic imine (C=N–C) groups is 2. The standard InChI is InChI=1S/C19H21ClN2O2.Ni/c20-11-5-8-17(22-13-16-7-2-4-10-19(16)24)14-21-12-15-6-1-3-9-18(15)23;/h1-4,6-7,9-10,12-13,17,23-24H,5,8,11,14H2;. The molecule has 0 aliphatic carbocycles. The Labute approximate surface area is 163 Å². The second kappa shape index (κ2) is 11.7. The van der Waals surface area contributed by atoms with Gasteiger partial charge in [-0.05, 0) is 37.1 Å². The van der Waals surface area contributed by atoms with Crippen LogP contribution in [0, 0.1) is 0 Å². The molecule has 0 aliphatic heterocycles. The zero-order chi connectivity index (χ0) is 17.2. The predicted octanol–water partition coefficient (Wildman–Crippen LogP) is 4.02. The van der Waals surface area contributed by atoms with Crippen molar-refractivity contribution in [2.24, 2.45) is 9.98 Å². The van der Waals surface area contributed by atoms with E-state index in [-0.39, 0.29) is 34.0 Å². The molecule has 2 N–H and O–H groups in total. The second-order valence-corrected chi connectivity index (χ2v) is 5.75. The first-order valence-corrected chi connectivity index (χ1v) is 8.39. The zero-order valence-electron chi connectivity index (χ0n) is 13.7. The van der Waals surface area contributed by atoms with Gasteiger partial charge in [0.15, 0.2) is 0 Å². The van der Waals surface area contributed by atoms with Crippen LogP contribution in [0.1, 0.15) is 24.0 Å². The zero-order valence-corrected chi connectivity index (χ0v) is 15.4. The minimum Gasteiger partial charge on any atom is -0.507 e. The Morgan fingerprint density at radius 2 is 1.48 bits per heavy atom. The number of alkyl halides is 1. The third-order valence-electron chi connectivity index (χ3n) is 3.52. The van der Waals surface area contributed by atoms with Crippen LogP contribution in [0.15, 0.2) is 58.5 Å². The van der Waals surface area contributed by atoms with Gasteiger partial charge in [-0.2, -0.15) is 0 Å². The Kier molecular flexibility index (Phi) is 9.90. The summed E-state index contributed by atoms with van der Waals surface area (Å²) >= 11 is 5.78. The van der Waals surface area contributed by atoms with Crippen molar-refractivity contribution >= 4 is 24.0 Å². The SMILES string of the molecule is Oc1ccccc1C=NCC(CCCCl)N=Cc1ccccc1O.[Ni]. The molecule has 0 saturated carbocycles. The molecule has 0 radical (unpaired) electrons. The molecule has 2 aromatic rings. The van der Waals surface area contributed by atoms with Gasteiger partial charge in [0.05, 0.1) is 12.6 Å². The summed E-state index contributed by atoms with van der Waals surface area (Å²) in [7, 11) is 0. The van der Waals surface area contributed by atoms with Crippen LogP contribution >= 0.6 is 11.6 Å². The number of aromatic hydroxyl groups is 2. The average molecular weight is 404 g/mol. The summed E-state index contributed by atoms with van der Waals surface area (Å²) in [6.45, 7) is 0.495. The summed E-state index contributed by atoms with van der Waals surface area (Å²) in [5, 5.41) is 19.5. The minimum atomic E-state index is -0.0227. The van der Waals surface area contributed by atoms with E-state index in [0.717, 1.165) is 12.8 Å². The van der Waals surface area contributed by atoms with Crippen LogP contribution in [0.4, 0.5) is 0 Å². The van der Waals surface area contributed by atoms with Crippen LogP contribution < -0.4 is 0 Å². The molecular formula is C19H21ClN2NiO2. The first kappa shape index (κ1) is 21.2. The largest absolute Gasteiger partial charge is 0.507 e. The smallest absolute Gasteiger partial charge is 0.124 e. The van der Waals surface area contributed by atoms with E-state index < -0.39 is 0 Å². The van der Waals surface area contributed by atoms with Crippen molar-refractivity contribution < 1.29 is 26.7 Å². The van der Waals surface area contributed by atoms with Gasteiger partial charge in [0.25, 0.3) is 0 Å². The van der Waals surface area contributed by atoms with Crippen molar-refractivity contribution in [1.82, 2.24) is 0 Å². The Bertz CT molecular complexity index is 707. The fourth-order valence-corrected chi connectivity index (χ4v) is 2.33. The van der Waals surface area contributed by atoms with Crippen LogP contribution in [0.2, 0.25) is 0 Å². The summed E-state index contributed by atoms with van der Waals surface area (Å²) in [4.78, 5) is 8.91. The molecule has 25 heavy (non-hydrogen) atoms. The number of para-hydroxylation sites is 2. The number of rotatable bonds is 8. The van der Waals surface area contributed by atoms with Gasteiger partial charge in [-0.1, -0.05) is 24.3 Å². The number of halogens is 1. The maximum absolute atomic E-state index is 9.79. The Morgan fingerprint density at radius 1 is 0.920 bits per heavy atom. The van der Waals surface area contributed by atoms with E-state index in [1.54, 1.807) is 42.8 Å². The molecule has 0 saturated heterocycles. The van der Waals surface area contributed by atoms with Crippen LogP contribution in [0.5, 0.6) is 11.5 Å². The number of hydrogen-bond acceptors (Lipinski definition) is 4. The van der Waals surface area contributed by atoms with Crippen molar-refractivity contribution in [1.29, 1.82) is 0 Å². The first-order chi connectivity index (χ1) is 11.7. The van der Waals surface area contributed by atoms with Gasteiger partial charge in [0.1, 0.15) is 11.5 Å². The van der Waals surface area contributed by atoms with Gasteiger partial charge in [0, 0.05) is 45.9 Å². The predicted molar refractivity (Wildman–Crippen MR) is 100 cm³/mol. The fraction of sp³-hybridized carbons (Fsp3) is 0.263. The van der Waals surface area contributed by atoms with E-state index in [1.807, 2.05) is 18.2 Å². The molecular weight excluding hydrogens is 382 g/mol. The molecule has 1 unspecified atom stereocenters. The van der Waals surface area contributed by atoms with Crippen molar-refractivity contribution in [3.63, 3.8) is 0 Å². The van der Waals surface area contributed by atoms with Crippen LogP contribution in [-0.4, -0.2) is 41.1 Å². The normalized spacial score (nSPS) is 12.4. The molecule has 0 amide bonds. The Hall–Kier alpha value is -1.84. The van der Waals surface area contributed by atoms with Gasteiger partial charge in [-0.3, -0.25) is 9.98 Å². The third-order valence-corrected chi connectivity index (χ3v) is 3.78. The number of hydrogen-bond donors (Lipinski definition) is 2. The first-order valence-electron chi connectivity index (χ1n) is 7.85. The summed E-state index contributed by atoms with van der Waals surface area (Å²) in [5.41, 5.74) is 1.36. The summed E-state index contributed by atoms with van der Waals surface area (Å²) < 4.78 is 0. The molecule has 0 fully saturated rings. The van der Waals surface area contributed by atoms with Gasteiger partial charge in [0.2, 0.25) is 0 Å². The Balaban J connectivity index is 0.00000312. The van der Waals surface area contributed by atoms with Gasteiger partial charge >= 0.3 is 0 Å². The van der Waals surface area contributed by atoms with E-state index in [1.165, 1.54) is 0 Å². The number of nitrogens with zero attached hydrogens (tertiary/aromatic N) is 2. The molecule has 2 aromatic carbocycles. The minimum absolute atomic E-state index is 0. The second-order valence-electron chi connectivity index (χ2n) is 5.38. The van der Waals surface area contributed by atoms with Crippen LogP contribution in [0.25, 0.3) is 0 Å². The van der Waals surface area contributed by atoms with E-state index in [9.17, 15) is 10.2 Å². The van der Waals surface area contributed by atoms with E-state index >= 15 is 0 Å². The van der Waals surface area contributed by atoms with Crippen LogP contribution in [-0.2, 0) is 16.5 Å². The number of phenols is 2. The monoisotopic (exact) mass is 402 g/mol. The van der Waals surface area contributed by atoms with E-state index in [0.29, 0.717) is 23.6 Å². The summed E-state index contributed by atoms with van der Waals surface area (Å²) in [6.07, 6.45) is 4.98. The third kappa shape index (κ3) is 7.29. The molecule has 0 bridgehead atoms. The molecule has 1 atom stereocenters. The fourth-order valence-electron chi connectivity index (χ4n) is 2.18. The van der Waals surface area contributed by atoms with Crippen LogP contribution in [0.3, 0.4) is 0 Å². The average Bonchev–Trinajstić information content (AvgIpc) is 2.59. The molecule has 136 valence electrons. The van der Waals surface area contributed by atoms with Crippen molar-refractivity contribution in [3.05, 3.63) is 59.7 Å². The Morgan fingerprint density at radius 3 is 2.04 bits per heavy atom. The number of phenolic OH excluding ortho intramolecular Hbond substituents is 2. The van der Waals surface area contributed by atoms with Crippen molar-refractivity contribution in [3.8, 4) is 11.5 Å². The van der Waals surface area contributed by atoms with Gasteiger partial charge < -0.3 is 10.2 Å². The molecule has 6 heteroatoms. The van der Waals surface area contributed by atoms with Crippen molar-refractivity contribution in [2.45, 2.75) is 18.9 Å². The van der Waals surface area contributed by atoms with Crippen molar-refractivity contribution in [2.75, 3.05) is 12.4 Å². The maximum Gasteiger partial charge on any atom is 0.124 e. The number of benzene rings is 2. The molecule has 0 heterocycles. The maximum atomic E-state index is 9.79. The topological polar surface area (TPSA) is 65.2 Å². The van der Waals surface area contributed by atoms with E-state index in [2.05, 4.69) is 9.98 Å². The molecule has 0 aromatic heterocycles. The summed E-state index contributed by atoms with van der Waals surface area (Å²) in [6, 6.07) is 14.1. The summed E-state index contributed by atoms with van der Waals surface area (Å²) in [5.74, 6) is 0.984. The quantitative estimate of drug-likeness (QED) is 0.397. The molecule has 0 aliphatic rings.